The van der Waals surface area contributed by atoms with Gasteiger partial charge in [0.2, 0.25) is 0 Å². The van der Waals surface area contributed by atoms with Crippen molar-refractivity contribution in [1.29, 1.82) is 0 Å². The lowest BCUT2D eigenvalue weighted by Gasteiger charge is -2.32. The van der Waals surface area contributed by atoms with Crippen molar-refractivity contribution in [3.05, 3.63) is 168 Å². The molecular weight excluding hydrogens is 574 g/mol. The zero-order chi connectivity index (χ0) is 30.9. The summed E-state index contributed by atoms with van der Waals surface area (Å²) in [6.45, 7) is 0. The molecule has 6 aromatic carbocycles. The molecule has 0 bridgehead atoms. The zero-order valence-electron chi connectivity index (χ0n) is 25.6. The third-order valence-corrected chi connectivity index (χ3v) is 9.80. The second kappa shape index (κ2) is 10.2. The topological polar surface area (TPSA) is 29.5 Å². The number of hydrogen-bond acceptors (Lipinski definition) is 3. The molecule has 222 valence electrons. The molecule has 0 saturated heterocycles. The van der Waals surface area contributed by atoms with Crippen LogP contribution < -0.4 is 4.90 Å². The molecular formula is C44H29NO2. The molecule has 0 amide bonds. The molecule has 8 aromatic rings. The van der Waals surface area contributed by atoms with Gasteiger partial charge in [0, 0.05) is 50.6 Å². The fourth-order valence-electron chi connectivity index (χ4n) is 7.61. The van der Waals surface area contributed by atoms with E-state index >= 15 is 0 Å². The molecule has 47 heavy (non-hydrogen) atoms. The summed E-state index contributed by atoms with van der Waals surface area (Å²) in [5.41, 5.74) is 13.3. The zero-order valence-corrected chi connectivity index (χ0v) is 25.6. The van der Waals surface area contributed by atoms with Crippen LogP contribution in [0.15, 0.2) is 161 Å². The van der Waals surface area contributed by atoms with E-state index in [4.69, 9.17) is 8.83 Å². The number of nitrogens with zero attached hydrogens (tertiary/aromatic N) is 1. The van der Waals surface area contributed by atoms with Crippen molar-refractivity contribution in [2.75, 3.05) is 4.90 Å². The van der Waals surface area contributed by atoms with E-state index in [9.17, 15) is 0 Å². The summed E-state index contributed by atoms with van der Waals surface area (Å²) < 4.78 is 12.6. The van der Waals surface area contributed by atoms with E-state index in [0.717, 1.165) is 67.4 Å². The molecule has 0 aliphatic heterocycles. The number of benzene rings is 6. The molecule has 2 aliphatic rings. The number of anilines is 3. The van der Waals surface area contributed by atoms with Crippen LogP contribution in [0.1, 0.15) is 23.1 Å². The van der Waals surface area contributed by atoms with Crippen LogP contribution >= 0.6 is 0 Å². The van der Waals surface area contributed by atoms with E-state index in [0.29, 0.717) is 5.92 Å². The molecule has 2 aliphatic carbocycles. The molecule has 2 aromatic heterocycles. The lowest BCUT2D eigenvalue weighted by Crippen LogP contribution is -2.15. The Balaban J connectivity index is 1.19. The Hall–Kier alpha value is -6.06. The molecule has 0 N–H and O–H groups in total. The van der Waals surface area contributed by atoms with Crippen molar-refractivity contribution in [1.82, 2.24) is 0 Å². The van der Waals surface area contributed by atoms with E-state index in [-0.39, 0.29) is 0 Å². The van der Waals surface area contributed by atoms with Crippen molar-refractivity contribution in [2.24, 2.45) is 5.92 Å². The van der Waals surface area contributed by atoms with Gasteiger partial charge in [-0.25, -0.2) is 0 Å². The van der Waals surface area contributed by atoms with Crippen molar-refractivity contribution in [2.45, 2.75) is 6.42 Å². The summed E-state index contributed by atoms with van der Waals surface area (Å²) in [5, 5.41) is 4.45. The maximum Gasteiger partial charge on any atom is 0.137 e. The van der Waals surface area contributed by atoms with Crippen LogP contribution in [0, 0.1) is 5.92 Å². The minimum atomic E-state index is 0.351. The van der Waals surface area contributed by atoms with Gasteiger partial charge in [-0.2, -0.15) is 0 Å². The first-order chi connectivity index (χ1) is 23.3. The van der Waals surface area contributed by atoms with E-state index in [1.807, 2.05) is 24.3 Å². The van der Waals surface area contributed by atoms with Gasteiger partial charge in [-0.15, -0.1) is 0 Å². The maximum absolute atomic E-state index is 6.38. The number of para-hydroxylation sites is 2. The fourth-order valence-corrected chi connectivity index (χ4v) is 7.61. The van der Waals surface area contributed by atoms with Crippen molar-refractivity contribution >= 4 is 78.2 Å². The summed E-state index contributed by atoms with van der Waals surface area (Å²) in [7, 11) is 0. The Morgan fingerprint density at radius 3 is 2.00 bits per heavy atom. The molecule has 3 heteroatoms. The minimum Gasteiger partial charge on any atom is -0.456 e. The summed E-state index contributed by atoms with van der Waals surface area (Å²) in [6.07, 6.45) is 10.2. The van der Waals surface area contributed by atoms with E-state index in [2.05, 4.69) is 138 Å². The van der Waals surface area contributed by atoms with Crippen LogP contribution in [0.4, 0.5) is 17.1 Å². The maximum atomic E-state index is 6.38. The van der Waals surface area contributed by atoms with Gasteiger partial charge >= 0.3 is 0 Å². The number of allylic oxidation sites excluding steroid dienone is 5. The highest BCUT2D eigenvalue weighted by Gasteiger charge is 2.28. The smallest absolute Gasteiger partial charge is 0.137 e. The minimum absolute atomic E-state index is 0.351. The number of rotatable bonds is 4. The average molecular weight is 604 g/mol. The second-order valence-corrected chi connectivity index (χ2v) is 12.5. The molecule has 0 fully saturated rings. The van der Waals surface area contributed by atoms with Gasteiger partial charge in [0.1, 0.15) is 22.3 Å². The molecule has 0 spiro atoms. The first kappa shape index (κ1) is 26.2. The number of furan rings is 2. The van der Waals surface area contributed by atoms with E-state index in [1.54, 1.807) is 0 Å². The normalized spacial score (nSPS) is 15.5. The molecule has 0 radical (unpaired) electrons. The lowest BCUT2D eigenvalue weighted by molar-refractivity contribution is 0.668. The van der Waals surface area contributed by atoms with Gasteiger partial charge in [-0.05, 0) is 94.9 Å². The fraction of sp³-hybridized carbons (Fsp3) is 0.0455. The van der Waals surface area contributed by atoms with Crippen molar-refractivity contribution in [3.8, 4) is 0 Å². The third kappa shape index (κ3) is 4.13. The van der Waals surface area contributed by atoms with Crippen LogP contribution in [-0.2, 0) is 0 Å². The third-order valence-electron chi connectivity index (χ3n) is 9.80. The van der Waals surface area contributed by atoms with Gasteiger partial charge in [0.25, 0.3) is 0 Å². The van der Waals surface area contributed by atoms with Crippen LogP contribution in [0.3, 0.4) is 0 Å². The number of fused-ring (bicyclic) bond motifs is 9. The molecule has 3 nitrogen and oxygen atoms in total. The highest BCUT2D eigenvalue weighted by molar-refractivity contribution is 6.08. The summed E-state index contributed by atoms with van der Waals surface area (Å²) >= 11 is 0. The van der Waals surface area contributed by atoms with Gasteiger partial charge < -0.3 is 13.7 Å². The number of hydrogen-bond donors (Lipinski definition) is 0. The molecule has 0 saturated carbocycles. The van der Waals surface area contributed by atoms with Gasteiger partial charge in [-0.1, -0.05) is 91.0 Å². The lowest BCUT2D eigenvalue weighted by atomic mass is 9.73. The molecule has 1 atom stereocenters. The summed E-state index contributed by atoms with van der Waals surface area (Å²) in [6, 6.07) is 47.3. The SMILES string of the molecule is C1=CCC2C(c3ccccc3)=Cc3cc(N(c4ccc5c(c4)oc4ccccc45)c4ccc5oc6ccccc6c5c4)ccc3C2=C1. The highest BCUT2D eigenvalue weighted by atomic mass is 16.3. The Morgan fingerprint density at radius 2 is 1.15 bits per heavy atom. The largest absolute Gasteiger partial charge is 0.456 e. The molecule has 1 unspecified atom stereocenters. The van der Waals surface area contributed by atoms with Gasteiger partial charge in [0.05, 0.1) is 0 Å². The Labute approximate surface area is 272 Å². The van der Waals surface area contributed by atoms with E-state index < -0.39 is 0 Å². The molecule has 2 heterocycles. The van der Waals surface area contributed by atoms with Crippen molar-refractivity contribution in [3.63, 3.8) is 0 Å². The second-order valence-electron chi connectivity index (χ2n) is 12.5. The van der Waals surface area contributed by atoms with Crippen LogP contribution in [0.2, 0.25) is 0 Å². The standard InChI is InChI=1S/C44H29NO2/c1-2-10-28(11-3-1)39-25-29-24-30(18-21-33(29)34-12-4-5-13-35(34)39)45(31-20-23-43-40(26-31)37-15-7-9-17-42(37)46-43)32-19-22-38-36-14-6-8-16-41(36)47-44(38)27-32/h1-12,14-27,35H,13H2. The monoisotopic (exact) mass is 603 g/mol. The van der Waals surface area contributed by atoms with Crippen molar-refractivity contribution < 1.29 is 8.83 Å². The van der Waals surface area contributed by atoms with E-state index in [1.165, 1.54) is 27.8 Å². The van der Waals surface area contributed by atoms with Crippen LogP contribution in [0.5, 0.6) is 0 Å². The Morgan fingerprint density at radius 1 is 0.511 bits per heavy atom. The van der Waals surface area contributed by atoms with Gasteiger partial charge in [-0.3, -0.25) is 0 Å². The molecule has 10 rings (SSSR count). The van der Waals surface area contributed by atoms with Crippen LogP contribution in [0.25, 0.3) is 61.1 Å². The first-order valence-electron chi connectivity index (χ1n) is 16.2. The first-order valence-corrected chi connectivity index (χ1v) is 16.2. The van der Waals surface area contributed by atoms with Gasteiger partial charge in [0.15, 0.2) is 0 Å². The predicted octanol–water partition coefficient (Wildman–Crippen LogP) is 12.5. The quantitative estimate of drug-likeness (QED) is 0.200. The summed E-state index contributed by atoms with van der Waals surface area (Å²) in [5.74, 6) is 0.351. The Kier molecular flexibility index (Phi) is 5.70. The highest BCUT2D eigenvalue weighted by Crippen LogP contribution is 2.48. The Bertz CT molecular complexity index is 2610. The summed E-state index contributed by atoms with van der Waals surface area (Å²) in [4.78, 5) is 2.34. The van der Waals surface area contributed by atoms with Crippen LogP contribution in [-0.4, -0.2) is 0 Å². The average Bonchev–Trinajstić information content (AvgIpc) is 3.69. The predicted molar refractivity (Wildman–Crippen MR) is 195 cm³/mol.